The molecule has 0 atom stereocenters. The van der Waals surface area contributed by atoms with Gasteiger partial charge >= 0.3 is 0 Å². The highest BCUT2D eigenvalue weighted by atomic mass is 16.3. The minimum absolute atomic E-state index is 0.0388. The van der Waals surface area contributed by atoms with Gasteiger partial charge in [-0.25, -0.2) is 4.98 Å². The fourth-order valence-electron chi connectivity index (χ4n) is 2.72. The summed E-state index contributed by atoms with van der Waals surface area (Å²) in [4.78, 5) is 19.2. The van der Waals surface area contributed by atoms with Crippen molar-refractivity contribution in [2.75, 3.05) is 6.54 Å². The second-order valence-electron chi connectivity index (χ2n) is 5.81. The summed E-state index contributed by atoms with van der Waals surface area (Å²) in [5.41, 5.74) is 2.48. The van der Waals surface area contributed by atoms with Crippen molar-refractivity contribution in [3.63, 3.8) is 0 Å². The number of furan rings is 1. The maximum Gasteiger partial charge on any atom is 0.258 e. The van der Waals surface area contributed by atoms with E-state index in [1.165, 1.54) is 0 Å². The van der Waals surface area contributed by atoms with Crippen LogP contribution in [0.4, 0.5) is 0 Å². The first-order chi connectivity index (χ1) is 11.2. The lowest BCUT2D eigenvalue weighted by Crippen LogP contribution is -2.26. The van der Waals surface area contributed by atoms with Crippen LogP contribution in [0.25, 0.3) is 5.65 Å². The second-order valence-corrected chi connectivity index (χ2v) is 5.81. The Labute approximate surface area is 135 Å². The van der Waals surface area contributed by atoms with Gasteiger partial charge in [0.1, 0.15) is 11.4 Å². The Morgan fingerprint density at radius 3 is 2.87 bits per heavy atom. The molecule has 0 N–H and O–H groups in total. The van der Waals surface area contributed by atoms with Crippen LogP contribution in [0.2, 0.25) is 0 Å². The molecular weight excluding hydrogens is 290 g/mol. The van der Waals surface area contributed by atoms with E-state index in [0.717, 1.165) is 36.5 Å². The van der Waals surface area contributed by atoms with Crippen molar-refractivity contribution in [3.8, 4) is 0 Å². The highest BCUT2D eigenvalue weighted by Gasteiger charge is 2.10. The van der Waals surface area contributed by atoms with Gasteiger partial charge in [-0.05, 0) is 43.7 Å². The zero-order valence-corrected chi connectivity index (χ0v) is 13.5. The van der Waals surface area contributed by atoms with Crippen LogP contribution in [0.1, 0.15) is 30.4 Å². The number of pyridine rings is 1. The number of rotatable bonds is 6. The van der Waals surface area contributed by atoms with E-state index in [1.807, 2.05) is 37.4 Å². The van der Waals surface area contributed by atoms with Gasteiger partial charge in [0.2, 0.25) is 0 Å². The minimum Gasteiger partial charge on any atom is -0.468 e. The van der Waals surface area contributed by atoms with Gasteiger partial charge in [0.25, 0.3) is 5.56 Å². The molecule has 0 saturated heterocycles. The zero-order valence-electron chi connectivity index (χ0n) is 13.5. The lowest BCUT2D eigenvalue weighted by molar-refractivity contribution is 0.233. The van der Waals surface area contributed by atoms with Gasteiger partial charge in [-0.15, -0.1) is 0 Å². The first-order valence-corrected chi connectivity index (χ1v) is 7.89. The summed E-state index contributed by atoms with van der Waals surface area (Å²) in [6.45, 7) is 6.38. The summed E-state index contributed by atoms with van der Waals surface area (Å²) in [5, 5.41) is 0. The first kappa shape index (κ1) is 15.5. The van der Waals surface area contributed by atoms with Crippen molar-refractivity contribution in [2.45, 2.75) is 33.4 Å². The molecule has 23 heavy (non-hydrogen) atoms. The highest BCUT2D eigenvalue weighted by Crippen LogP contribution is 2.10. The lowest BCUT2D eigenvalue weighted by atomic mass is 10.3. The van der Waals surface area contributed by atoms with Gasteiger partial charge in [-0.1, -0.05) is 13.0 Å². The van der Waals surface area contributed by atoms with Gasteiger partial charge in [-0.3, -0.25) is 14.1 Å². The summed E-state index contributed by atoms with van der Waals surface area (Å²) in [6, 6.07) is 9.34. The SMILES string of the molecule is CCCN(Cc1cc(=O)n2cc(C)ccc2n1)Cc1ccco1. The van der Waals surface area contributed by atoms with Crippen molar-refractivity contribution in [3.05, 3.63) is 70.2 Å². The summed E-state index contributed by atoms with van der Waals surface area (Å²) in [6.07, 6.45) is 4.54. The highest BCUT2D eigenvalue weighted by molar-refractivity contribution is 5.39. The van der Waals surface area contributed by atoms with E-state index in [4.69, 9.17) is 4.42 Å². The van der Waals surface area contributed by atoms with Crippen molar-refractivity contribution in [1.82, 2.24) is 14.3 Å². The second kappa shape index (κ2) is 6.79. The quantitative estimate of drug-likeness (QED) is 0.702. The van der Waals surface area contributed by atoms with Gasteiger partial charge in [0, 0.05) is 18.8 Å². The van der Waals surface area contributed by atoms with E-state index in [1.54, 1.807) is 16.7 Å². The smallest absolute Gasteiger partial charge is 0.258 e. The molecule has 5 nitrogen and oxygen atoms in total. The molecule has 0 amide bonds. The van der Waals surface area contributed by atoms with Crippen LogP contribution in [0.15, 0.2) is 52.0 Å². The number of hydrogen-bond donors (Lipinski definition) is 0. The molecule has 0 bridgehead atoms. The van der Waals surface area contributed by atoms with E-state index in [0.29, 0.717) is 12.2 Å². The van der Waals surface area contributed by atoms with Crippen molar-refractivity contribution in [1.29, 1.82) is 0 Å². The molecule has 0 fully saturated rings. The molecule has 3 rings (SSSR count). The molecule has 0 aliphatic carbocycles. The van der Waals surface area contributed by atoms with Crippen LogP contribution in [0.5, 0.6) is 0 Å². The first-order valence-electron chi connectivity index (χ1n) is 7.89. The average Bonchev–Trinajstić information content (AvgIpc) is 3.01. The summed E-state index contributed by atoms with van der Waals surface area (Å²) < 4.78 is 7.02. The van der Waals surface area contributed by atoms with E-state index in [9.17, 15) is 4.79 Å². The largest absolute Gasteiger partial charge is 0.468 e. The van der Waals surface area contributed by atoms with Crippen molar-refractivity contribution < 1.29 is 4.42 Å². The molecule has 0 aliphatic heterocycles. The van der Waals surface area contributed by atoms with Gasteiger partial charge in [0.05, 0.1) is 18.5 Å². The van der Waals surface area contributed by atoms with Crippen LogP contribution in [0.3, 0.4) is 0 Å². The number of fused-ring (bicyclic) bond motifs is 1. The van der Waals surface area contributed by atoms with Crippen molar-refractivity contribution in [2.24, 2.45) is 0 Å². The summed E-state index contributed by atoms with van der Waals surface area (Å²) in [7, 11) is 0. The molecule has 0 unspecified atom stereocenters. The molecule has 3 heterocycles. The Bertz CT molecular complexity index is 837. The third-order valence-electron chi connectivity index (χ3n) is 3.75. The van der Waals surface area contributed by atoms with Crippen LogP contribution < -0.4 is 5.56 Å². The molecule has 0 saturated carbocycles. The van der Waals surface area contributed by atoms with E-state index in [-0.39, 0.29) is 5.56 Å². The molecule has 120 valence electrons. The molecule has 3 aromatic heterocycles. The van der Waals surface area contributed by atoms with E-state index >= 15 is 0 Å². The van der Waals surface area contributed by atoms with E-state index < -0.39 is 0 Å². The molecule has 0 aromatic carbocycles. The van der Waals surface area contributed by atoms with Gasteiger partial charge < -0.3 is 4.42 Å². The van der Waals surface area contributed by atoms with Crippen LogP contribution >= 0.6 is 0 Å². The van der Waals surface area contributed by atoms with Crippen molar-refractivity contribution >= 4 is 5.65 Å². The standard InChI is InChI=1S/C18H21N3O2/c1-3-8-20(13-16-5-4-9-23-16)12-15-10-18(22)21-11-14(2)6-7-17(21)19-15/h4-7,9-11H,3,8,12-13H2,1-2H3. The average molecular weight is 311 g/mol. The van der Waals surface area contributed by atoms with Crippen LogP contribution in [-0.2, 0) is 13.1 Å². The Hall–Kier alpha value is -2.40. The fourth-order valence-corrected chi connectivity index (χ4v) is 2.72. The summed E-state index contributed by atoms with van der Waals surface area (Å²) >= 11 is 0. The monoisotopic (exact) mass is 311 g/mol. The normalized spacial score (nSPS) is 11.4. The Kier molecular flexibility index (Phi) is 4.57. The number of hydrogen-bond acceptors (Lipinski definition) is 4. The van der Waals surface area contributed by atoms with E-state index in [2.05, 4.69) is 16.8 Å². The van der Waals surface area contributed by atoms with Crippen LogP contribution in [0, 0.1) is 6.92 Å². The number of aromatic nitrogens is 2. The molecule has 0 spiro atoms. The predicted molar refractivity (Wildman–Crippen MR) is 89.3 cm³/mol. The molecule has 5 heteroatoms. The molecule has 3 aromatic rings. The molecule has 0 aliphatic rings. The van der Waals surface area contributed by atoms with Gasteiger partial charge in [0.15, 0.2) is 0 Å². The topological polar surface area (TPSA) is 50.8 Å². The lowest BCUT2D eigenvalue weighted by Gasteiger charge is -2.20. The maximum atomic E-state index is 12.3. The fraction of sp³-hybridized carbons (Fsp3) is 0.333. The zero-order chi connectivity index (χ0) is 16.2. The third kappa shape index (κ3) is 3.68. The van der Waals surface area contributed by atoms with Crippen LogP contribution in [-0.4, -0.2) is 20.8 Å². The molecular formula is C18H21N3O2. The predicted octanol–water partition coefficient (Wildman–Crippen LogP) is 3.01. The number of aryl methyl sites for hydroxylation is 1. The Balaban J connectivity index is 1.86. The summed E-state index contributed by atoms with van der Waals surface area (Å²) in [5.74, 6) is 0.923. The number of nitrogens with zero attached hydrogens (tertiary/aromatic N) is 3. The Morgan fingerprint density at radius 1 is 1.26 bits per heavy atom. The molecule has 0 radical (unpaired) electrons. The maximum absolute atomic E-state index is 12.3. The van der Waals surface area contributed by atoms with Gasteiger partial charge in [-0.2, -0.15) is 0 Å². The Morgan fingerprint density at radius 2 is 2.13 bits per heavy atom. The third-order valence-corrected chi connectivity index (χ3v) is 3.75. The minimum atomic E-state index is -0.0388.